The Morgan fingerprint density at radius 3 is 2.37 bits per heavy atom. The fourth-order valence-electron chi connectivity index (χ4n) is 3.36. The number of nitrogens with one attached hydrogen (secondary N) is 1. The van der Waals surface area contributed by atoms with Crippen molar-refractivity contribution in [1.82, 2.24) is 0 Å². The number of rotatable bonds is 11. The molecule has 1 unspecified atom stereocenters. The van der Waals surface area contributed by atoms with Crippen LogP contribution in [0.3, 0.4) is 0 Å². The summed E-state index contributed by atoms with van der Waals surface area (Å²) in [6.45, 7) is 4.93. The van der Waals surface area contributed by atoms with Crippen molar-refractivity contribution in [3.8, 4) is 0 Å². The molecule has 3 rings (SSSR count). The minimum Gasteiger partial charge on any atom is -0.345 e. The van der Waals surface area contributed by atoms with E-state index in [4.69, 9.17) is 4.18 Å². The summed E-state index contributed by atoms with van der Waals surface area (Å²) in [7, 11) is -4.06. The number of nitro groups is 2. The van der Waals surface area contributed by atoms with Crippen LogP contribution in [0, 0.1) is 20.2 Å². The summed E-state index contributed by atoms with van der Waals surface area (Å²) in [6.07, 6.45) is -0.933. The molecule has 0 radical (unpaired) electrons. The predicted molar refractivity (Wildman–Crippen MR) is 140 cm³/mol. The van der Waals surface area contributed by atoms with Crippen LogP contribution in [0.1, 0.15) is 20.8 Å². The van der Waals surface area contributed by atoms with Gasteiger partial charge in [0.15, 0.2) is 0 Å². The van der Waals surface area contributed by atoms with Crippen LogP contribution >= 0.6 is 11.3 Å². The van der Waals surface area contributed by atoms with E-state index in [1.807, 2.05) is 0 Å². The molecule has 0 saturated heterocycles. The monoisotopic (exact) mass is 562 g/mol. The number of benzene rings is 2. The van der Waals surface area contributed by atoms with Crippen molar-refractivity contribution < 1.29 is 27.2 Å². The summed E-state index contributed by atoms with van der Waals surface area (Å²) in [5, 5.41) is 31.9. The molecule has 0 bridgehead atoms. The summed E-state index contributed by atoms with van der Waals surface area (Å²) in [5.74, 6) is -0.449. The highest BCUT2D eigenvalue weighted by atomic mass is 32.2. The maximum atomic E-state index is 12.7. The van der Waals surface area contributed by atoms with Crippen LogP contribution in [-0.2, 0) is 19.1 Å². The van der Waals surface area contributed by atoms with E-state index in [0.717, 1.165) is 6.07 Å². The molecule has 2 aromatic carbocycles. The summed E-state index contributed by atoms with van der Waals surface area (Å²) in [5.41, 5.74) is 0.175. The van der Waals surface area contributed by atoms with E-state index in [1.165, 1.54) is 31.2 Å². The quantitative estimate of drug-likeness (QED) is 0.103. The van der Waals surface area contributed by atoms with Crippen molar-refractivity contribution >= 4 is 60.1 Å². The third-order valence-corrected chi connectivity index (χ3v) is 7.35. The van der Waals surface area contributed by atoms with Gasteiger partial charge in [0.25, 0.3) is 10.1 Å². The average molecular weight is 563 g/mol. The molecular weight excluding hydrogens is 540 g/mol. The Bertz CT molecular complexity index is 1490. The number of hydrogen-bond donors (Lipinski definition) is 1. The molecule has 0 saturated carbocycles. The van der Waals surface area contributed by atoms with Gasteiger partial charge in [-0.15, -0.1) is 10.2 Å². The SMILES string of the molecule is CCN(c1ccc(/N=N/c2sc([N+](=O)[O-])cc2[N+](=O)[O-])c(NC(C)=O)c1)C(C)OS(=O)(=O)c1ccccc1. The zero-order valence-electron chi connectivity index (χ0n) is 20.3. The number of nitrogens with zero attached hydrogens (tertiary/aromatic N) is 5. The molecule has 16 heteroatoms. The molecule has 1 heterocycles. The lowest BCUT2D eigenvalue weighted by Gasteiger charge is -2.30. The van der Waals surface area contributed by atoms with Crippen molar-refractivity contribution in [2.45, 2.75) is 31.9 Å². The van der Waals surface area contributed by atoms with E-state index in [0.29, 0.717) is 23.6 Å². The Morgan fingerprint density at radius 2 is 1.79 bits per heavy atom. The molecule has 38 heavy (non-hydrogen) atoms. The number of carbonyl (C=O) groups is 1. The number of thiophene rings is 1. The highest BCUT2D eigenvalue weighted by molar-refractivity contribution is 7.86. The first kappa shape index (κ1) is 28.3. The highest BCUT2D eigenvalue weighted by Gasteiger charge is 2.26. The zero-order valence-corrected chi connectivity index (χ0v) is 21.9. The fraction of sp³-hybridized carbons (Fsp3) is 0.227. The van der Waals surface area contributed by atoms with E-state index in [-0.39, 0.29) is 21.3 Å². The van der Waals surface area contributed by atoms with Crippen LogP contribution in [0.2, 0.25) is 0 Å². The molecule has 1 atom stereocenters. The summed E-state index contributed by atoms with van der Waals surface area (Å²) >= 11 is 0.484. The van der Waals surface area contributed by atoms with Crippen molar-refractivity contribution in [3.05, 3.63) is 74.8 Å². The van der Waals surface area contributed by atoms with Crippen molar-refractivity contribution in [3.63, 3.8) is 0 Å². The lowest BCUT2D eigenvalue weighted by molar-refractivity contribution is -0.389. The lowest BCUT2D eigenvalue weighted by atomic mass is 10.2. The van der Waals surface area contributed by atoms with Crippen LogP contribution in [0.25, 0.3) is 0 Å². The van der Waals surface area contributed by atoms with Gasteiger partial charge in [-0.3, -0.25) is 25.0 Å². The van der Waals surface area contributed by atoms with Gasteiger partial charge in [-0.2, -0.15) is 8.42 Å². The van der Waals surface area contributed by atoms with Crippen molar-refractivity contribution in [2.75, 3.05) is 16.8 Å². The molecule has 0 aliphatic rings. The number of amides is 1. The molecule has 1 aromatic heterocycles. The van der Waals surface area contributed by atoms with Crippen LogP contribution in [0.5, 0.6) is 0 Å². The van der Waals surface area contributed by atoms with Gasteiger partial charge < -0.3 is 10.2 Å². The number of anilines is 2. The Balaban J connectivity index is 1.94. The van der Waals surface area contributed by atoms with Gasteiger partial charge in [0.1, 0.15) is 18.0 Å². The molecule has 14 nitrogen and oxygen atoms in total. The third kappa shape index (κ3) is 6.72. The maximum absolute atomic E-state index is 12.7. The van der Waals surface area contributed by atoms with Gasteiger partial charge in [0.2, 0.25) is 10.9 Å². The highest BCUT2D eigenvalue weighted by Crippen LogP contribution is 2.42. The smallest absolute Gasteiger partial charge is 0.333 e. The molecule has 1 amide bonds. The van der Waals surface area contributed by atoms with E-state index in [9.17, 15) is 33.4 Å². The van der Waals surface area contributed by atoms with E-state index >= 15 is 0 Å². The second kappa shape index (κ2) is 11.8. The molecule has 200 valence electrons. The summed E-state index contributed by atoms with van der Waals surface area (Å²) in [4.78, 5) is 34.1. The Morgan fingerprint density at radius 1 is 1.11 bits per heavy atom. The number of carbonyl (C=O) groups excluding carboxylic acids is 1. The van der Waals surface area contributed by atoms with Crippen molar-refractivity contribution in [2.24, 2.45) is 10.2 Å². The number of azo groups is 1. The lowest BCUT2D eigenvalue weighted by Crippen LogP contribution is -2.36. The van der Waals surface area contributed by atoms with Crippen LogP contribution < -0.4 is 10.2 Å². The first-order chi connectivity index (χ1) is 17.9. The molecule has 1 N–H and O–H groups in total. The third-order valence-electron chi connectivity index (χ3n) is 5.01. The largest absolute Gasteiger partial charge is 0.345 e. The van der Waals surface area contributed by atoms with Gasteiger partial charge in [-0.1, -0.05) is 18.2 Å². The topological polar surface area (TPSA) is 187 Å². The Kier molecular flexibility index (Phi) is 8.82. The Hall–Kier alpha value is -4.28. The van der Waals surface area contributed by atoms with Gasteiger partial charge in [-0.25, -0.2) is 4.18 Å². The first-order valence-corrected chi connectivity index (χ1v) is 13.2. The van der Waals surface area contributed by atoms with Gasteiger partial charge >= 0.3 is 10.7 Å². The van der Waals surface area contributed by atoms with E-state index in [2.05, 4.69) is 15.5 Å². The average Bonchev–Trinajstić information content (AvgIpc) is 3.29. The molecule has 0 aliphatic carbocycles. The van der Waals surface area contributed by atoms with E-state index < -0.39 is 42.8 Å². The standard InChI is InChI=1S/C22H22N6O8S2/c1-4-26(15(3)36-38(34,35)17-8-6-5-7-9-17)16-10-11-18(19(12-16)23-14(2)29)24-25-22-20(27(30)31)13-21(37-22)28(32)33/h5-13,15H,4H2,1-3H3,(H,23,29)/b25-24+. The van der Waals surface area contributed by atoms with Crippen LogP contribution in [0.15, 0.2) is 69.7 Å². The van der Waals surface area contributed by atoms with Gasteiger partial charge in [0.05, 0.1) is 20.4 Å². The van der Waals surface area contributed by atoms with Crippen molar-refractivity contribution in [1.29, 1.82) is 0 Å². The summed E-state index contributed by atoms with van der Waals surface area (Å²) < 4.78 is 30.8. The second-order valence-corrected chi connectivity index (χ2v) is 10.2. The van der Waals surface area contributed by atoms with Gasteiger partial charge in [-0.05, 0) is 55.5 Å². The van der Waals surface area contributed by atoms with Gasteiger partial charge in [0, 0.05) is 19.2 Å². The normalized spacial score (nSPS) is 12.3. The zero-order chi connectivity index (χ0) is 28.0. The molecule has 3 aromatic rings. The predicted octanol–water partition coefficient (Wildman–Crippen LogP) is 5.52. The Labute approximate surface area is 221 Å². The molecule has 0 spiro atoms. The number of hydrogen-bond acceptors (Lipinski definition) is 12. The minimum atomic E-state index is -4.06. The minimum absolute atomic E-state index is 0.000468. The molecule has 0 fully saturated rings. The maximum Gasteiger partial charge on any atom is 0.333 e. The molecular formula is C22H22N6O8S2. The van der Waals surface area contributed by atoms with E-state index in [1.54, 1.807) is 43.0 Å². The molecule has 0 aliphatic heterocycles. The first-order valence-electron chi connectivity index (χ1n) is 10.9. The summed E-state index contributed by atoms with van der Waals surface area (Å²) in [6, 6.07) is 13.0. The van der Waals surface area contributed by atoms with Crippen LogP contribution in [0.4, 0.5) is 32.8 Å². The van der Waals surface area contributed by atoms with Crippen LogP contribution in [-0.4, -0.2) is 36.9 Å². The second-order valence-electron chi connectivity index (χ2n) is 7.62. The fourth-order valence-corrected chi connectivity index (χ4v) is 5.19.